The molecule has 0 unspecified atom stereocenters. The number of Topliss-reactive ketones (excluding diaryl/α,β-unsaturated/α-hetero) is 2. The molecular formula is C13H12O4. The predicted octanol–water partition coefficient (Wildman–Crippen LogP) is 2.95. The van der Waals surface area contributed by atoms with Gasteiger partial charge in [0.05, 0.1) is 18.2 Å². The van der Waals surface area contributed by atoms with Gasteiger partial charge in [-0.2, -0.15) is 0 Å². The second kappa shape index (κ2) is 4.41. The lowest BCUT2D eigenvalue weighted by Crippen LogP contribution is -2.08. The lowest BCUT2D eigenvalue weighted by Gasteiger charge is -1.97. The van der Waals surface area contributed by atoms with Crippen LogP contribution in [-0.2, 0) is 0 Å². The van der Waals surface area contributed by atoms with Crippen molar-refractivity contribution in [3.63, 3.8) is 0 Å². The molecule has 0 aliphatic rings. The molecule has 4 heteroatoms. The number of aryl methyl sites for hydroxylation is 2. The maximum Gasteiger partial charge on any atom is 0.205 e. The topological polar surface area (TPSA) is 60.4 Å². The monoisotopic (exact) mass is 232 g/mol. The van der Waals surface area contributed by atoms with Crippen LogP contribution in [0.1, 0.15) is 38.9 Å². The Morgan fingerprint density at radius 2 is 1.88 bits per heavy atom. The Morgan fingerprint density at radius 1 is 1.12 bits per heavy atom. The van der Waals surface area contributed by atoms with Gasteiger partial charge < -0.3 is 8.83 Å². The molecular weight excluding hydrogens is 220 g/mol. The van der Waals surface area contributed by atoms with Crippen molar-refractivity contribution in [1.29, 1.82) is 0 Å². The minimum atomic E-state index is -0.316. The minimum absolute atomic E-state index is 0.201. The van der Waals surface area contributed by atoms with Crippen LogP contribution in [0, 0.1) is 13.8 Å². The summed E-state index contributed by atoms with van der Waals surface area (Å²) in [5.74, 6) is 0.828. The van der Waals surface area contributed by atoms with Gasteiger partial charge in [-0.25, -0.2) is 0 Å². The van der Waals surface area contributed by atoms with Gasteiger partial charge >= 0.3 is 0 Å². The Morgan fingerprint density at radius 3 is 2.41 bits per heavy atom. The highest BCUT2D eigenvalue weighted by Crippen LogP contribution is 2.14. The number of ketones is 2. The summed E-state index contributed by atoms with van der Waals surface area (Å²) in [6, 6.07) is 4.84. The second-order valence-electron chi connectivity index (χ2n) is 3.82. The van der Waals surface area contributed by atoms with E-state index in [1.165, 1.54) is 6.26 Å². The highest BCUT2D eigenvalue weighted by atomic mass is 16.3. The first kappa shape index (κ1) is 11.4. The van der Waals surface area contributed by atoms with Crippen molar-refractivity contribution in [2.24, 2.45) is 0 Å². The van der Waals surface area contributed by atoms with Crippen LogP contribution in [-0.4, -0.2) is 11.6 Å². The fourth-order valence-electron chi connectivity index (χ4n) is 1.59. The maximum absolute atomic E-state index is 11.8. The highest BCUT2D eigenvalue weighted by Gasteiger charge is 2.18. The highest BCUT2D eigenvalue weighted by molar-refractivity contribution is 6.12. The van der Waals surface area contributed by atoms with Crippen LogP contribution in [0.15, 0.2) is 33.3 Å². The van der Waals surface area contributed by atoms with Gasteiger partial charge in [0.2, 0.25) is 5.78 Å². The molecule has 0 radical (unpaired) electrons. The first-order valence-corrected chi connectivity index (χ1v) is 5.25. The molecule has 0 aliphatic carbocycles. The van der Waals surface area contributed by atoms with E-state index < -0.39 is 0 Å². The number of rotatable bonds is 4. The molecule has 2 rings (SSSR count). The Hall–Kier alpha value is -2.10. The van der Waals surface area contributed by atoms with Gasteiger partial charge in [-0.3, -0.25) is 9.59 Å². The summed E-state index contributed by atoms with van der Waals surface area (Å²) in [5, 5.41) is 0. The minimum Gasteiger partial charge on any atom is -0.469 e. The summed E-state index contributed by atoms with van der Waals surface area (Å²) in [6.07, 6.45) is 1.23. The summed E-state index contributed by atoms with van der Waals surface area (Å²) >= 11 is 0. The Labute approximate surface area is 98.2 Å². The van der Waals surface area contributed by atoms with Crippen molar-refractivity contribution in [1.82, 2.24) is 0 Å². The van der Waals surface area contributed by atoms with Crippen molar-refractivity contribution >= 4 is 11.6 Å². The maximum atomic E-state index is 11.8. The Balaban J connectivity index is 2.10. The van der Waals surface area contributed by atoms with Gasteiger partial charge in [-0.1, -0.05) is 0 Å². The van der Waals surface area contributed by atoms with Crippen molar-refractivity contribution in [2.45, 2.75) is 20.3 Å². The molecule has 0 bridgehead atoms. The smallest absolute Gasteiger partial charge is 0.205 e. The van der Waals surface area contributed by atoms with Crippen LogP contribution in [0.25, 0.3) is 0 Å². The molecule has 0 N–H and O–H groups in total. The lowest BCUT2D eigenvalue weighted by atomic mass is 10.1. The molecule has 0 amide bonds. The summed E-state index contributed by atoms with van der Waals surface area (Å²) in [7, 11) is 0. The average molecular weight is 232 g/mol. The Kier molecular flexibility index (Phi) is 2.95. The molecule has 2 aromatic rings. The molecule has 2 heterocycles. The van der Waals surface area contributed by atoms with Gasteiger partial charge in [0.15, 0.2) is 11.5 Å². The van der Waals surface area contributed by atoms with E-state index in [1.54, 1.807) is 32.0 Å². The van der Waals surface area contributed by atoms with E-state index in [2.05, 4.69) is 0 Å². The van der Waals surface area contributed by atoms with Gasteiger partial charge in [-0.05, 0) is 32.0 Å². The van der Waals surface area contributed by atoms with Crippen molar-refractivity contribution in [3.8, 4) is 0 Å². The number of hydrogen-bond donors (Lipinski definition) is 0. The zero-order valence-electron chi connectivity index (χ0n) is 9.65. The van der Waals surface area contributed by atoms with E-state index in [4.69, 9.17) is 8.83 Å². The molecule has 17 heavy (non-hydrogen) atoms. The van der Waals surface area contributed by atoms with E-state index in [9.17, 15) is 9.59 Å². The largest absolute Gasteiger partial charge is 0.469 e. The predicted molar refractivity (Wildman–Crippen MR) is 60.2 cm³/mol. The Bertz CT molecular complexity index is 559. The van der Waals surface area contributed by atoms with Gasteiger partial charge in [0, 0.05) is 0 Å². The normalized spacial score (nSPS) is 10.5. The van der Waals surface area contributed by atoms with Crippen molar-refractivity contribution in [2.75, 3.05) is 0 Å². The molecule has 0 fully saturated rings. The second-order valence-corrected chi connectivity index (χ2v) is 3.82. The third kappa shape index (κ3) is 2.36. The zero-order valence-corrected chi connectivity index (χ0v) is 9.65. The molecule has 0 aliphatic heterocycles. The van der Waals surface area contributed by atoms with Crippen molar-refractivity contribution < 1.29 is 18.4 Å². The third-order valence-corrected chi connectivity index (χ3v) is 2.50. The summed E-state index contributed by atoms with van der Waals surface area (Å²) in [6.45, 7) is 3.44. The molecule has 0 saturated carbocycles. The van der Waals surface area contributed by atoms with Crippen LogP contribution in [0.3, 0.4) is 0 Å². The van der Waals surface area contributed by atoms with E-state index in [-0.39, 0.29) is 23.7 Å². The molecule has 0 saturated heterocycles. The average Bonchev–Trinajstić information content (AvgIpc) is 2.86. The summed E-state index contributed by atoms with van der Waals surface area (Å²) in [5.41, 5.74) is 0.446. The van der Waals surface area contributed by atoms with Crippen molar-refractivity contribution in [3.05, 3.63) is 47.3 Å². The number of hydrogen-bond acceptors (Lipinski definition) is 4. The van der Waals surface area contributed by atoms with E-state index in [1.807, 2.05) is 0 Å². The summed E-state index contributed by atoms with van der Waals surface area (Å²) < 4.78 is 10.2. The fourth-order valence-corrected chi connectivity index (χ4v) is 1.59. The standard InChI is InChI=1S/C13H12O4/c1-8-3-4-13(17-8)12(15)7-11(14)10-5-6-16-9(10)2/h3-6H,7H2,1-2H3. The first-order valence-electron chi connectivity index (χ1n) is 5.25. The van der Waals surface area contributed by atoms with Gasteiger partial charge in [-0.15, -0.1) is 0 Å². The number of carbonyl (C=O) groups is 2. The number of furan rings is 2. The van der Waals surface area contributed by atoms with Crippen LogP contribution in [0.2, 0.25) is 0 Å². The third-order valence-electron chi connectivity index (χ3n) is 2.50. The van der Waals surface area contributed by atoms with E-state index >= 15 is 0 Å². The quantitative estimate of drug-likeness (QED) is 0.600. The SMILES string of the molecule is Cc1ccc(C(=O)CC(=O)c2ccoc2C)o1. The van der Waals surface area contributed by atoms with E-state index in [0.717, 1.165) is 0 Å². The lowest BCUT2D eigenvalue weighted by molar-refractivity contribution is 0.0876. The molecule has 88 valence electrons. The van der Waals surface area contributed by atoms with Gasteiger partial charge in [0.25, 0.3) is 0 Å². The first-order chi connectivity index (χ1) is 8.08. The van der Waals surface area contributed by atoms with Crippen LogP contribution < -0.4 is 0 Å². The fraction of sp³-hybridized carbons (Fsp3) is 0.231. The summed E-state index contributed by atoms with van der Waals surface area (Å²) in [4.78, 5) is 23.5. The zero-order chi connectivity index (χ0) is 12.4. The van der Waals surface area contributed by atoms with E-state index in [0.29, 0.717) is 17.1 Å². The van der Waals surface area contributed by atoms with Crippen LogP contribution in [0.4, 0.5) is 0 Å². The molecule has 2 aromatic heterocycles. The molecule has 0 spiro atoms. The van der Waals surface area contributed by atoms with Crippen LogP contribution >= 0.6 is 0 Å². The molecule has 4 nitrogen and oxygen atoms in total. The van der Waals surface area contributed by atoms with Crippen LogP contribution in [0.5, 0.6) is 0 Å². The van der Waals surface area contributed by atoms with Gasteiger partial charge in [0.1, 0.15) is 11.5 Å². The molecule has 0 atom stereocenters. The molecule has 0 aromatic carbocycles. The number of carbonyl (C=O) groups excluding carboxylic acids is 2.